The van der Waals surface area contributed by atoms with Crippen molar-refractivity contribution in [3.8, 4) is 0 Å². The zero-order chi connectivity index (χ0) is 19.2. The van der Waals surface area contributed by atoms with Gasteiger partial charge in [-0.1, -0.05) is 54.6 Å². The van der Waals surface area contributed by atoms with Crippen LogP contribution in [0.15, 0.2) is 91.0 Å². The summed E-state index contributed by atoms with van der Waals surface area (Å²) < 4.78 is 0. The first-order valence-corrected chi connectivity index (χ1v) is 12.2. The molecule has 0 spiro atoms. The molecule has 3 heteroatoms. The van der Waals surface area contributed by atoms with Crippen molar-refractivity contribution in [3.63, 3.8) is 0 Å². The van der Waals surface area contributed by atoms with Crippen molar-refractivity contribution in [3.05, 3.63) is 91.0 Å². The molecule has 1 fully saturated rings. The first-order valence-electron chi connectivity index (χ1n) is 10.2. The van der Waals surface area contributed by atoms with E-state index < -0.39 is 7.26 Å². The maximum absolute atomic E-state index is 2.66. The molecule has 0 atom stereocenters. The van der Waals surface area contributed by atoms with E-state index in [9.17, 15) is 0 Å². The lowest BCUT2D eigenvalue weighted by Crippen LogP contribution is -2.46. The van der Waals surface area contributed by atoms with Crippen LogP contribution in [0.3, 0.4) is 0 Å². The van der Waals surface area contributed by atoms with Crippen LogP contribution in [0.4, 0.5) is 0 Å². The van der Waals surface area contributed by atoms with Crippen LogP contribution < -0.4 is 15.9 Å². The van der Waals surface area contributed by atoms with Gasteiger partial charge in [0.05, 0.1) is 6.16 Å². The third-order valence-corrected chi connectivity index (χ3v) is 10.3. The fourth-order valence-corrected chi connectivity index (χ4v) is 8.54. The molecule has 28 heavy (non-hydrogen) atoms. The van der Waals surface area contributed by atoms with Gasteiger partial charge in [0.2, 0.25) is 0 Å². The molecule has 1 heterocycles. The van der Waals surface area contributed by atoms with Crippen LogP contribution >= 0.6 is 7.26 Å². The summed E-state index contributed by atoms with van der Waals surface area (Å²) in [5, 5.41) is 4.46. The van der Waals surface area contributed by atoms with Gasteiger partial charge >= 0.3 is 0 Å². The predicted octanol–water partition coefficient (Wildman–Crippen LogP) is 3.23. The molecule has 1 aliphatic heterocycles. The lowest BCUT2D eigenvalue weighted by Gasteiger charge is -2.34. The standard InChI is InChI=1S/C25H30N2P/c1-26-17-19-27(20-18-26)21-22-28(23-11-5-2-6-12-23,24-13-7-3-8-14-24)25-15-9-4-10-16-25/h2-16H,17-22H2,1H3/q+1. The van der Waals surface area contributed by atoms with Crippen molar-refractivity contribution in [1.82, 2.24) is 9.80 Å². The minimum absolute atomic E-state index is 1.15. The van der Waals surface area contributed by atoms with E-state index in [0.717, 1.165) is 6.54 Å². The second-order valence-corrected chi connectivity index (χ2v) is 11.3. The molecule has 1 aliphatic rings. The van der Waals surface area contributed by atoms with Crippen molar-refractivity contribution in [2.45, 2.75) is 0 Å². The molecule has 3 aromatic carbocycles. The molecule has 3 aromatic rings. The van der Waals surface area contributed by atoms with Gasteiger partial charge < -0.3 is 4.90 Å². The summed E-state index contributed by atoms with van der Waals surface area (Å²) >= 11 is 0. The maximum atomic E-state index is 2.66. The lowest BCUT2D eigenvalue weighted by molar-refractivity contribution is 0.161. The van der Waals surface area contributed by atoms with E-state index in [1.165, 1.54) is 48.3 Å². The molecular formula is C25H30N2P+. The Labute approximate surface area is 170 Å². The van der Waals surface area contributed by atoms with Crippen LogP contribution in [0.5, 0.6) is 0 Å². The van der Waals surface area contributed by atoms with Crippen molar-refractivity contribution < 1.29 is 0 Å². The van der Waals surface area contributed by atoms with Gasteiger partial charge in [-0.2, -0.15) is 0 Å². The zero-order valence-electron chi connectivity index (χ0n) is 16.7. The van der Waals surface area contributed by atoms with Gasteiger partial charge in [0.25, 0.3) is 0 Å². The van der Waals surface area contributed by atoms with E-state index >= 15 is 0 Å². The lowest BCUT2D eigenvalue weighted by atomic mass is 10.3. The molecular weight excluding hydrogens is 359 g/mol. The molecule has 0 aliphatic carbocycles. The van der Waals surface area contributed by atoms with Crippen LogP contribution in [-0.2, 0) is 0 Å². The Morgan fingerprint density at radius 1 is 0.607 bits per heavy atom. The Morgan fingerprint density at radius 2 is 1.00 bits per heavy atom. The minimum Gasteiger partial charge on any atom is -0.304 e. The van der Waals surface area contributed by atoms with Crippen LogP contribution in [0.25, 0.3) is 0 Å². The van der Waals surface area contributed by atoms with Crippen LogP contribution in [0.2, 0.25) is 0 Å². The number of nitrogens with zero attached hydrogens (tertiary/aromatic N) is 2. The monoisotopic (exact) mass is 389 g/mol. The van der Waals surface area contributed by atoms with Crippen molar-refractivity contribution in [2.24, 2.45) is 0 Å². The largest absolute Gasteiger partial charge is 0.304 e. The molecule has 0 bridgehead atoms. The van der Waals surface area contributed by atoms with E-state index in [4.69, 9.17) is 0 Å². The smallest absolute Gasteiger partial charge is 0.113 e. The number of benzene rings is 3. The average Bonchev–Trinajstić information content (AvgIpc) is 2.78. The Kier molecular flexibility index (Phi) is 6.22. The molecule has 0 radical (unpaired) electrons. The number of rotatable bonds is 6. The highest BCUT2D eigenvalue weighted by molar-refractivity contribution is 7.95. The summed E-state index contributed by atoms with van der Waals surface area (Å²) in [6.45, 7) is 5.85. The summed E-state index contributed by atoms with van der Waals surface area (Å²) in [6.07, 6.45) is 1.19. The normalized spacial score (nSPS) is 16.2. The van der Waals surface area contributed by atoms with Crippen LogP contribution in [-0.4, -0.2) is 55.7 Å². The van der Waals surface area contributed by atoms with Gasteiger partial charge in [-0.05, 0) is 43.4 Å². The summed E-state index contributed by atoms with van der Waals surface area (Å²) in [5.41, 5.74) is 0. The first-order chi connectivity index (χ1) is 13.8. The fourth-order valence-electron chi connectivity index (χ4n) is 4.24. The molecule has 4 rings (SSSR count). The van der Waals surface area contributed by atoms with Gasteiger partial charge in [0.1, 0.15) is 23.2 Å². The summed E-state index contributed by atoms with van der Waals surface area (Å²) in [6, 6.07) is 33.7. The van der Waals surface area contributed by atoms with E-state index in [-0.39, 0.29) is 0 Å². The van der Waals surface area contributed by atoms with Crippen molar-refractivity contribution in [2.75, 3.05) is 45.9 Å². The van der Waals surface area contributed by atoms with E-state index in [1.807, 2.05) is 0 Å². The maximum Gasteiger partial charge on any atom is 0.113 e. The van der Waals surface area contributed by atoms with Crippen molar-refractivity contribution >= 4 is 23.2 Å². The average molecular weight is 390 g/mol. The SMILES string of the molecule is CN1CCN(CC[P+](c2ccccc2)(c2ccccc2)c2ccccc2)CC1. The molecule has 0 N–H and O–H groups in total. The Balaban J connectivity index is 1.77. The van der Waals surface area contributed by atoms with E-state index in [0.29, 0.717) is 0 Å². The van der Waals surface area contributed by atoms with E-state index in [2.05, 4.69) is 108 Å². The highest BCUT2D eigenvalue weighted by Gasteiger charge is 2.45. The van der Waals surface area contributed by atoms with Gasteiger partial charge in [-0.25, -0.2) is 0 Å². The quantitative estimate of drug-likeness (QED) is 0.598. The van der Waals surface area contributed by atoms with Crippen molar-refractivity contribution in [1.29, 1.82) is 0 Å². The molecule has 0 unspecified atom stereocenters. The number of hydrogen-bond donors (Lipinski definition) is 0. The summed E-state index contributed by atoms with van der Waals surface area (Å²) in [7, 11) is 0.538. The zero-order valence-corrected chi connectivity index (χ0v) is 17.6. The van der Waals surface area contributed by atoms with Crippen LogP contribution in [0, 0.1) is 0 Å². The molecule has 0 amide bonds. The second kappa shape index (κ2) is 9.01. The van der Waals surface area contributed by atoms with Gasteiger partial charge in [0.15, 0.2) is 0 Å². The van der Waals surface area contributed by atoms with Gasteiger partial charge in [-0.3, -0.25) is 4.90 Å². The molecule has 0 aromatic heterocycles. The van der Waals surface area contributed by atoms with Crippen LogP contribution in [0.1, 0.15) is 0 Å². The third-order valence-electron chi connectivity index (χ3n) is 5.94. The fraction of sp³-hybridized carbons (Fsp3) is 0.280. The van der Waals surface area contributed by atoms with Gasteiger partial charge in [-0.15, -0.1) is 0 Å². The number of hydrogen-bond acceptors (Lipinski definition) is 2. The topological polar surface area (TPSA) is 6.48 Å². The summed E-state index contributed by atoms with van der Waals surface area (Å²) in [4.78, 5) is 5.09. The predicted molar refractivity (Wildman–Crippen MR) is 124 cm³/mol. The molecule has 2 nitrogen and oxygen atoms in total. The Morgan fingerprint density at radius 3 is 1.39 bits per heavy atom. The van der Waals surface area contributed by atoms with E-state index in [1.54, 1.807) is 0 Å². The second-order valence-electron chi connectivity index (χ2n) is 7.68. The third kappa shape index (κ3) is 4.05. The summed E-state index contributed by atoms with van der Waals surface area (Å²) in [5.74, 6) is 0. The number of piperazine rings is 1. The Bertz CT molecular complexity index is 747. The molecule has 144 valence electrons. The molecule has 0 saturated carbocycles. The number of likely N-dealkylation sites (N-methyl/N-ethyl adjacent to an activating group) is 1. The Hall–Kier alpha value is -1.99. The van der Waals surface area contributed by atoms with Gasteiger partial charge in [0, 0.05) is 32.7 Å². The first kappa shape index (κ1) is 19.3. The molecule has 1 saturated heterocycles. The minimum atomic E-state index is -1.69. The highest BCUT2D eigenvalue weighted by Crippen LogP contribution is 2.55. The highest BCUT2D eigenvalue weighted by atomic mass is 31.2.